The van der Waals surface area contributed by atoms with Crippen LogP contribution in [0, 0.1) is 0 Å². The molecule has 2 heterocycles. The van der Waals surface area contributed by atoms with Gasteiger partial charge in [0.15, 0.2) is 0 Å². The molecule has 8 aromatic carbocycles. The Balaban J connectivity index is 1.14. The van der Waals surface area contributed by atoms with Crippen LogP contribution in [-0.4, -0.2) is 0 Å². The molecule has 10 aromatic rings. The summed E-state index contributed by atoms with van der Waals surface area (Å²) in [5.74, 6) is 0. The first-order valence-electron chi connectivity index (χ1n) is 16.6. The monoisotopic (exact) mass is 627 g/mol. The molecule has 0 aliphatic rings. The van der Waals surface area contributed by atoms with Crippen molar-refractivity contribution in [2.45, 2.75) is 0 Å². The minimum atomic E-state index is 0.871. The summed E-state index contributed by atoms with van der Waals surface area (Å²) in [5.41, 5.74) is 11.4. The third-order valence-electron chi connectivity index (χ3n) is 9.66. The van der Waals surface area contributed by atoms with E-state index >= 15 is 0 Å². The van der Waals surface area contributed by atoms with Crippen molar-refractivity contribution in [2.75, 3.05) is 4.90 Å². The first-order valence-corrected chi connectivity index (χ1v) is 16.6. The van der Waals surface area contributed by atoms with Gasteiger partial charge in [-0.1, -0.05) is 127 Å². The van der Waals surface area contributed by atoms with E-state index < -0.39 is 0 Å². The molecule has 0 amide bonds. The molecule has 10 rings (SSSR count). The highest BCUT2D eigenvalue weighted by Crippen LogP contribution is 2.45. The Morgan fingerprint density at radius 2 is 0.939 bits per heavy atom. The molecule has 3 heteroatoms. The zero-order valence-electron chi connectivity index (χ0n) is 26.5. The number of fused-ring (bicyclic) bond motifs is 8. The highest BCUT2D eigenvalue weighted by molar-refractivity contribution is 6.20. The number of nitrogens with zero attached hydrogens (tertiary/aromatic N) is 1. The van der Waals surface area contributed by atoms with Crippen LogP contribution in [0.4, 0.5) is 17.1 Å². The van der Waals surface area contributed by atoms with Crippen molar-refractivity contribution in [1.29, 1.82) is 0 Å². The molecule has 2 aromatic heterocycles. The first-order chi connectivity index (χ1) is 24.3. The van der Waals surface area contributed by atoms with E-state index in [4.69, 9.17) is 8.83 Å². The molecular formula is C46H29NO2. The van der Waals surface area contributed by atoms with E-state index in [1.54, 1.807) is 0 Å². The van der Waals surface area contributed by atoms with E-state index in [9.17, 15) is 0 Å². The van der Waals surface area contributed by atoms with Gasteiger partial charge in [-0.05, 0) is 70.6 Å². The molecule has 0 aliphatic heterocycles. The molecule has 0 aliphatic carbocycles. The average molecular weight is 628 g/mol. The highest BCUT2D eigenvalue weighted by atomic mass is 16.3. The lowest BCUT2D eigenvalue weighted by molar-refractivity contribution is 0.669. The molecule has 0 N–H and O–H groups in total. The lowest BCUT2D eigenvalue weighted by atomic mass is 9.95. The maximum Gasteiger partial charge on any atom is 0.143 e. The van der Waals surface area contributed by atoms with E-state index in [0.717, 1.165) is 77.5 Å². The highest BCUT2D eigenvalue weighted by Gasteiger charge is 2.20. The van der Waals surface area contributed by atoms with Gasteiger partial charge in [-0.3, -0.25) is 0 Å². The van der Waals surface area contributed by atoms with Crippen molar-refractivity contribution in [3.8, 4) is 22.3 Å². The minimum Gasteiger partial charge on any atom is -0.456 e. The van der Waals surface area contributed by atoms with Gasteiger partial charge in [0.2, 0.25) is 0 Å². The lowest BCUT2D eigenvalue weighted by Gasteiger charge is -2.26. The van der Waals surface area contributed by atoms with Gasteiger partial charge in [0, 0.05) is 38.5 Å². The predicted molar refractivity (Wildman–Crippen MR) is 204 cm³/mol. The topological polar surface area (TPSA) is 29.5 Å². The molecule has 230 valence electrons. The standard InChI is InChI=1S/C46H29NO2/c1-3-13-30(14-4-1)39-29-40-37-21-11-20-34(45(37)49-46(40)36-18-8-7-17-35(36)39)31-25-27-33(28-26-31)47(32-15-5-2-6-16-32)41-22-12-24-43-44(41)38-19-9-10-23-42(38)48-43/h1-29H. The zero-order chi connectivity index (χ0) is 32.3. The Kier molecular flexibility index (Phi) is 6.18. The van der Waals surface area contributed by atoms with Gasteiger partial charge in [0.05, 0.1) is 11.1 Å². The van der Waals surface area contributed by atoms with Crippen molar-refractivity contribution in [3.05, 3.63) is 176 Å². The second-order valence-electron chi connectivity index (χ2n) is 12.5. The van der Waals surface area contributed by atoms with Gasteiger partial charge < -0.3 is 13.7 Å². The van der Waals surface area contributed by atoms with Gasteiger partial charge in [-0.2, -0.15) is 0 Å². The Labute approximate surface area is 282 Å². The molecule has 0 atom stereocenters. The summed E-state index contributed by atoms with van der Waals surface area (Å²) in [4.78, 5) is 2.31. The van der Waals surface area contributed by atoms with Crippen LogP contribution >= 0.6 is 0 Å². The van der Waals surface area contributed by atoms with Crippen molar-refractivity contribution >= 4 is 71.7 Å². The van der Waals surface area contributed by atoms with Gasteiger partial charge in [-0.15, -0.1) is 0 Å². The van der Waals surface area contributed by atoms with E-state index in [2.05, 4.69) is 163 Å². The van der Waals surface area contributed by atoms with E-state index in [0.29, 0.717) is 0 Å². The van der Waals surface area contributed by atoms with Crippen molar-refractivity contribution in [3.63, 3.8) is 0 Å². The summed E-state index contributed by atoms with van der Waals surface area (Å²) in [5, 5.41) is 6.75. The fraction of sp³-hybridized carbons (Fsp3) is 0. The fourth-order valence-corrected chi connectivity index (χ4v) is 7.44. The Hall–Kier alpha value is -6.58. The number of furan rings is 2. The summed E-state index contributed by atoms with van der Waals surface area (Å²) >= 11 is 0. The number of anilines is 3. The van der Waals surface area contributed by atoms with Crippen molar-refractivity contribution in [1.82, 2.24) is 0 Å². The van der Waals surface area contributed by atoms with Crippen molar-refractivity contribution in [2.24, 2.45) is 0 Å². The summed E-state index contributed by atoms with van der Waals surface area (Å²) in [6.07, 6.45) is 0. The van der Waals surface area contributed by atoms with Crippen LogP contribution in [0.5, 0.6) is 0 Å². The summed E-state index contributed by atoms with van der Waals surface area (Å²) in [6, 6.07) is 61.8. The maximum absolute atomic E-state index is 6.82. The molecule has 0 fully saturated rings. The number of para-hydroxylation sites is 3. The molecule has 0 unspecified atom stereocenters. The van der Waals surface area contributed by atoms with E-state index in [-0.39, 0.29) is 0 Å². The third kappa shape index (κ3) is 4.37. The Bertz CT molecular complexity index is 2810. The van der Waals surface area contributed by atoms with Crippen LogP contribution in [0.2, 0.25) is 0 Å². The Morgan fingerprint density at radius 3 is 1.76 bits per heavy atom. The zero-order valence-corrected chi connectivity index (χ0v) is 26.5. The molecule has 49 heavy (non-hydrogen) atoms. The smallest absolute Gasteiger partial charge is 0.143 e. The number of benzene rings is 8. The quantitative estimate of drug-likeness (QED) is 0.190. The Morgan fingerprint density at radius 1 is 0.347 bits per heavy atom. The summed E-state index contributed by atoms with van der Waals surface area (Å²) < 4.78 is 13.1. The maximum atomic E-state index is 6.82. The molecule has 0 spiro atoms. The summed E-state index contributed by atoms with van der Waals surface area (Å²) in [7, 11) is 0. The SMILES string of the molecule is c1ccc(-c2cc3c4cccc(-c5ccc(N(c6ccccc6)c6cccc7oc8ccccc8c67)cc5)c4oc3c3ccccc23)cc1. The van der Waals surface area contributed by atoms with Crippen molar-refractivity contribution < 1.29 is 8.83 Å². The average Bonchev–Trinajstić information content (AvgIpc) is 3.75. The molecule has 0 saturated heterocycles. The van der Waals surface area contributed by atoms with Crippen LogP contribution < -0.4 is 4.90 Å². The third-order valence-corrected chi connectivity index (χ3v) is 9.66. The number of rotatable bonds is 5. The van der Waals surface area contributed by atoms with Gasteiger partial charge in [-0.25, -0.2) is 0 Å². The van der Waals surface area contributed by atoms with Crippen LogP contribution in [0.15, 0.2) is 185 Å². The number of hydrogen-bond donors (Lipinski definition) is 0. The molecule has 0 bridgehead atoms. The van der Waals surface area contributed by atoms with Crippen LogP contribution in [0.1, 0.15) is 0 Å². The van der Waals surface area contributed by atoms with Crippen LogP contribution in [0.3, 0.4) is 0 Å². The largest absolute Gasteiger partial charge is 0.456 e. The van der Waals surface area contributed by atoms with E-state index in [1.807, 2.05) is 18.2 Å². The molecule has 0 saturated carbocycles. The molecule has 0 radical (unpaired) electrons. The van der Waals surface area contributed by atoms with Crippen LogP contribution in [-0.2, 0) is 0 Å². The summed E-state index contributed by atoms with van der Waals surface area (Å²) in [6.45, 7) is 0. The van der Waals surface area contributed by atoms with Gasteiger partial charge in [0.1, 0.15) is 22.3 Å². The first kappa shape index (κ1) is 27.5. The van der Waals surface area contributed by atoms with Gasteiger partial charge >= 0.3 is 0 Å². The minimum absolute atomic E-state index is 0.871. The normalized spacial score (nSPS) is 11.7. The lowest BCUT2D eigenvalue weighted by Crippen LogP contribution is -2.10. The fourth-order valence-electron chi connectivity index (χ4n) is 7.44. The van der Waals surface area contributed by atoms with E-state index in [1.165, 1.54) is 16.5 Å². The molecule has 3 nitrogen and oxygen atoms in total. The second kappa shape index (κ2) is 11.0. The number of hydrogen-bond acceptors (Lipinski definition) is 3. The van der Waals surface area contributed by atoms with Crippen LogP contribution in [0.25, 0.3) is 76.9 Å². The second-order valence-corrected chi connectivity index (χ2v) is 12.5. The van der Waals surface area contributed by atoms with Gasteiger partial charge in [0.25, 0.3) is 0 Å². The predicted octanol–water partition coefficient (Wildman–Crippen LogP) is 13.4. The molecular weight excluding hydrogens is 599 g/mol.